The smallest absolute Gasteiger partial charge is 0.339 e. The molecule has 0 aliphatic carbocycles. The molecule has 134 valence electrons. The van der Waals surface area contributed by atoms with E-state index in [0.717, 1.165) is 5.56 Å². The number of fused-ring (bicyclic) bond motifs is 1. The number of carbonyl (C=O) groups excluding carboxylic acids is 3. The number of nitrogens with one attached hydrogen (secondary N) is 1. The van der Waals surface area contributed by atoms with E-state index < -0.39 is 12.1 Å². The lowest BCUT2D eigenvalue weighted by Gasteiger charge is -2.22. The van der Waals surface area contributed by atoms with E-state index in [9.17, 15) is 14.4 Å². The Labute approximate surface area is 151 Å². The van der Waals surface area contributed by atoms with Gasteiger partial charge in [-0.1, -0.05) is 30.3 Å². The summed E-state index contributed by atoms with van der Waals surface area (Å²) in [5, 5.41) is 2.77. The van der Waals surface area contributed by atoms with E-state index in [1.165, 1.54) is 4.90 Å². The van der Waals surface area contributed by atoms with Gasteiger partial charge in [-0.25, -0.2) is 4.79 Å². The number of hydrogen-bond acceptors (Lipinski definition) is 4. The van der Waals surface area contributed by atoms with Crippen LogP contribution in [0.15, 0.2) is 48.5 Å². The van der Waals surface area contributed by atoms with Gasteiger partial charge in [0, 0.05) is 31.8 Å². The number of nitrogens with zero attached hydrogens (tertiary/aromatic N) is 1. The van der Waals surface area contributed by atoms with Gasteiger partial charge in [0.2, 0.25) is 12.0 Å². The summed E-state index contributed by atoms with van der Waals surface area (Å²) in [6.07, 6.45) is -0.0485. The topological polar surface area (TPSA) is 75.7 Å². The number of carbonyl (C=O) groups is 3. The summed E-state index contributed by atoms with van der Waals surface area (Å²) in [6.45, 7) is 0. The first-order chi connectivity index (χ1) is 12.5. The van der Waals surface area contributed by atoms with Crippen molar-refractivity contribution >= 4 is 23.5 Å². The lowest BCUT2D eigenvalue weighted by atomic mass is 10.0. The van der Waals surface area contributed by atoms with E-state index in [-0.39, 0.29) is 11.8 Å². The van der Waals surface area contributed by atoms with Crippen molar-refractivity contribution in [2.24, 2.45) is 0 Å². The molecule has 1 N–H and O–H groups in total. The number of esters is 1. The Hall–Kier alpha value is -3.15. The number of benzene rings is 2. The van der Waals surface area contributed by atoms with Crippen LogP contribution in [0.5, 0.6) is 0 Å². The Bertz CT molecular complexity index is 846. The molecular weight excluding hydrogens is 332 g/mol. The highest BCUT2D eigenvalue weighted by atomic mass is 16.5. The second kappa shape index (κ2) is 7.39. The van der Waals surface area contributed by atoms with Crippen molar-refractivity contribution in [1.29, 1.82) is 0 Å². The minimum Gasteiger partial charge on any atom is -0.444 e. The molecule has 0 spiro atoms. The lowest BCUT2D eigenvalue weighted by Crippen LogP contribution is -2.31. The van der Waals surface area contributed by atoms with Gasteiger partial charge in [-0.05, 0) is 30.2 Å². The molecule has 2 aromatic rings. The zero-order valence-corrected chi connectivity index (χ0v) is 14.7. The Balaban J connectivity index is 1.84. The number of rotatable bonds is 4. The summed E-state index contributed by atoms with van der Waals surface area (Å²) in [5.41, 5.74) is 2.56. The van der Waals surface area contributed by atoms with Crippen LogP contribution < -0.4 is 5.32 Å². The second-order valence-electron chi connectivity index (χ2n) is 6.35. The van der Waals surface area contributed by atoms with Gasteiger partial charge in [-0.15, -0.1) is 0 Å². The van der Waals surface area contributed by atoms with Gasteiger partial charge < -0.3 is 15.0 Å². The molecule has 3 rings (SSSR count). The molecule has 0 aromatic heterocycles. The quantitative estimate of drug-likeness (QED) is 0.858. The molecule has 0 saturated carbocycles. The number of amides is 2. The highest BCUT2D eigenvalue weighted by Gasteiger charge is 2.27. The minimum absolute atomic E-state index is 0.0338. The van der Waals surface area contributed by atoms with Crippen molar-refractivity contribution in [3.63, 3.8) is 0 Å². The fourth-order valence-electron chi connectivity index (χ4n) is 2.81. The van der Waals surface area contributed by atoms with Crippen LogP contribution in [0.4, 0.5) is 5.69 Å². The van der Waals surface area contributed by atoms with Crippen LogP contribution in [0.3, 0.4) is 0 Å². The number of aryl methyl sites for hydroxylation is 1. The molecule has 6 nitrogen and oxygen atoms in total. The van der Waals surface area contributed by atoms with Gasteiger partial charge in [0.15, 0.2) is 0 Å². The van der Waals surface area contributed by atoms with Crippen LogP contribution >= 0.6 is 0 Å². The monoisotopic (exact) mass is 352 g/mol. The molecule has 1 aliphatic heterocycles. The van der Waals surface area contributed by atoms with E-state index in [1.807, 2.05) is 6.07 Å². The standard InChI is InChI=1S/C20H20N2O4/c1-22(2)19(24)18(13-6-4-3-5-7-13)26-20(25)15-8-10-16-14(12-15)9-11-17(23)21-16/h3-8,10,12,18H,9,11H2,1-2H3,(H,21,23). The largest absolute Gasteiger partial charge is 0.444 e. The van der Waals surface area contributed by atoms with Crippen LogP contribution in [0.1, 0.15) is 34.0 Å². The number of hydrogen-bond donors (Lipinski definition) is 1. The van der Waals surface area contributed by atoms with Gasteiger partial charge in [0.25, 0.3) is 5.91 Å². The molecule has 0 fully saturated rings. The van der Waals surface area contributed by atoms with Crippen LogP contribution in [0.2, 0.25) is 0 Å². The van der Waals surface area contributed by atoms with E-state index in [4.69, 9.17) is 4.74 Å². The lowest BCUT2D eigenvalue weighted by molar-refractivity contribution is -0.138. The van der Waals surface area contributed by atoms with E-state index >= 15 is 0 Å². The second-order valence-corrected chi connectivity index (χ2v) is 6.35. The van der Waals surface area contributed by atoms with E-state index in [1.54, 1.807) is 56.6 Å². The van der Waals surface area contributed by atoms with Gasteiger partial charge >= 0.3 is 5.97 Å². The van der Waals surface area contributed by atoms with Gasteiger partial charge in [0.05, 0.1) is 5.56 Å². The van der Waals surface area contributed by atoms with Gasteiger partial charge in [0.1, 0.15) is 0 Å². The molecule has 1 aliphatic rings. The Morgan fingerprint density at radius 3 is 2.50 bits per heavy atom. The van der Waals surface area contributed by atoms with Crippen molar-refractivity contribution in [2.75, 3.05) is 19.4 Å². The predicted octanol–water partition coefficient (Wildman–Crippen LogP) is 2.56. The van der Waals surface area contributed by atoms with Crippen molar-refractivity contribution in [3.05, 3.63) is 65.2 Å². The number of ether oxygens (including phenoxy) is 1. The van der Waals surface area contributed by atoms with Crippen LogP contribution in [0.25, 0.3) is 0 Å². The molecule has 26 heavy (non-hydrogen) atoms. The highest BCUT2D eigenvalue weighted by molar-refractivity contribution is 5.97. The SMILES string of the molecule is CN(C)C(=O)C(OC(=O)c1ccc2c(c1)CCC(=O)N2)c1ccccc1. The molecule has 1 heterocycles. The molecule has 0 saturated heterocycles. The fraction of sp³-hybridized carbons (Fsp3) is 0.250. The van der Waals surface area contributed by atoms with Crippen LogP contribution in [-0.4, -0.2) is 36.8 Å². The maximum atomic E-state index is 12.6. The summed E-state index contributed by atoms with van der Waals surface area (Å²) >= 11 is 0. The molecule has 2 aromatic carbocycles. The average molecular weight is 352 g/mol. The zero-order valence-electron chi connectivity index (χ0n) is 14.7. The Morgan fingerprint density at radius 2 is 1.81 bits per heavy atom. The van der Waals surface area contributed by atoms with Crippen molar-refractivity contribution in [2.45, 2.75) is 18.9 Å². The van der Waals surface area contributed by atoms with Gasteiger partial charge in [-0.3, -0.25) is 9.59 Å². The summed E-state index contributed by atoms with van der Waals surface area (Å²) in [5.74, 6) is -0.919. The van der Waals surface area contributed by atoms with Crippen molar-refractivity contribution in [1.82, 2.24) is 4.90 Å². The predicted molar refractivity (Wildman–Crippen MR) is 96.7 cm³/mol. The normalized spacial score (nSPS) is 14.0. The maximum absolute atomic E-state index is 12.6. The summed E-state index contributed by atoms with van der Waals surface area (Å²) in [7, 11) is 3.24. The molecule has 6 heteroatoms. The number of anilines is 1. The first kappa shape index (κ1) is 17.7. The first-order valence-electron chi connectivity index (χ1n) is 8.35. The zero-order chi connectivity index (χ0) is 18.7. The Morgan fingerprint density at radius 1 is 1.08 bits per heavy atom. The fourth-order valence-corrected chi connectivity index (χ4v) is 2.81. The average Bonchev–Trinajstić information content (AvgIpc) is 2.65. The molecule has 1 atom stereocenters. The third-order valence-electron chi connectivity index (χ3n) is 4.23. The summed E-state index contributed by atoms with van der Waals surface area (Å²) < 4.78 is 5.54. The maximum Gasteiger partial charge on any atom is 0.339 e. The molecule has 0 radical (unpaired) electrons. The molecular formula is C20H20N2O4. The number of likely N-dealkylation sites (N-methyl/N-ethyl adjacent to an activating group) is 1. The van der Waals surface area contributed by atoms with Crippen molar-refractivity contribution in [3.8, 4) is 0 Å². The van der Waals surface area contributed by atoms with Crippen LogP contribution in [-0.2, 0) is 20.7 Å². The molecule has 0 bridgehead atoms. The first-order valence-corrected chi connectivity index (χ1v) is 8.35. The molecule has 2 amide bonds. The van der Waals surface area contributed by atoms with E-state index in [2.05, 4.69) is 5.32 Å². The van der Waals surface area contributed by atoms with Crippen LogP contribution in [0, 0.1) is 0 Å². The molecule has 1 unspecified atom stereocenters. The minimum atomic E-state index is -1.01. The summed E-state index contributed by atoms with van der Waals surface area (Å²) in [4.78, 5) is 37.9. The van der Waals surface area contributed by atoms with Crippen molar-refractivity contribution < 1.29 is 19.1 Å². The van der Waals surface area contributed by atoms with E-state index in [0.29, 0.717) is 29.7 Å². The third kappa shape index (κ3) is 3.74. The summed E-state index contributed by atoms with van der Waals surface area (Å²) in [6, 6.07) is 13.9. The van der Waals surface area contributed by atoms with Gasteiger partial charge in [-0.2, -0.15) is 0 Å². The highest BCUT2D eigenvalue weighted by Crippen LogP contribution is 2.26. The third-order valence-corrected chi connectivity index (χ3v) is 4.23. The Kier molecular flexibility index (Phi) is 5.02.